The smallest absolute Gasteiger partial charge is 0.232 e. The molecule has 0 atom stereocenters. The van der Waals surface area contributed by atoms with E-state index in [0.717, 1.165) is 12.8 Å². The molecule has 1 aliphatic heterocycles. The minimum atomic E-state index is -0.314. The average Bonchev–Trinajstić information content (AvgIpc) is 2.53. The Balaban J connectivity index is 0.00000441. The molecule has 22 heavy (non-hydrogen) atoms. The number of hydrogen-bond donors (Lipinski definition) is 2. The summed E-state index contributed by atoms with van der Waals surface area (Å²) in [6, 6.07) is 0. The number of hydrogen-bond acceptors (Lipinski definition) is 5. The van der Waals surface area contributed by atoms with Crippen LogP contribution >= 0.6 is 24.2 Å². The van der Waals surface area contributed by atoms with E-state index in [-0.39, 0.29) is 35.5 Å². The Labute approximate surface area is 143 Å². The van der Waals surface area contributed by atoms with Crippen LogP contribution in [0.25, 0.3) is 0 Å². The Bertz CT molecular complexity index is 340. The van der Waals surface area contributed by atoms with Crippen molar-refractivity contribution in [1.29, 1.82) is 0 Å². The first-order valence-corrected chi connectivity index (χ1v) is 8.66. The molecule has 0 aliphatic carbocycles. The van der Waals surface area contributed by atoms with E-state index < -0.39 is 0 Å². The van der Waals surface area contributed by atoms with Crippen molar-refractivity contribution in [3.8, 4) is 0 Å². The van der Waals surface area contributed by atoms with Crippen LogP contribution in [0.15, 0.2) is 0 Å². The maximum atomic E-state index is 12.0. The number of carbonyl (C=O) groups is 2. The van der Waals surface area contributed by atoms with Crippen LogP contribution in [0.1, 0.15) is 26.7 Å². The molecule has 0 spiro atoms. The molecule has 8 heteroatoms. The lowest BCUT2D eigenvalue weighted by Gasteiger charge is -2.31. The molecule has 0 saturated carbocycles. The molecular formula is C14H28ClN3O3S. The molecule has 1 saturated heterocycles. The lowest BCUT2D eigenvalue weighted by Crippen LogP contribution is -2.53. The van der Waals surface area contributed by atoms with Crippen molar-refractivity contribution in [2.75, 3.05) is 44.4 Å². The van der Waals surface area contributed by atoms with E-state index in [1.807, 2.05) is 13.8 Å². The standard InChI is InChI=1S/C14H27N3O3S.ClH/c1-3-14(4-2,11-15)16-12(18)9-21-10-13(19)17-5-7-20-8-6-17;/h3-11,15H2,1-2H3,(H,16,18);1H. The topological polar surface area (TPSA) is 84.7 Å². The second-order valence-electron chi connectivity index (χ2n) is 5.23. The molecule has 130 valence electrons. The van der Waals surface area contributed by atoms with Crippen LogP contribution in [0.4, 0.5) is 0 Å². The monoisotopic (exact) mass is 353 g/mol. The van der Waals surface area contributed by atoms with Gasteiger partial charge in [0.05, 0.1) is 30.3 Å². The molecule has 2 amide bonds. The summed E-state index contributed by atoms with van der Waals surface area (Å²) in [4.78, 5) is 25.7. The van der Waals surface area contributed by atoms with Crippen molar-refractivity contribution in [1.82, 2.24) is 10.2 Å². The van der Waals surface area contributed by atoms with Crippen molar-refractivity contribution in [2.24, 2.45) is 5.73 Å². The molecule has 3 N–H and O–H groups in total. The first-order valence-electron chi connectivity index (χ1n) is 7.51. The zero-order valence-corrected chi connectivity index (χ0v) is 15.1. The highest BCUT2D eigenvalue weighted by Gasteiger charge is 2.26. The number of halogens is 1. The van der Waals surface area contributed by atoms with Crippen molar-refractivity contribution < 1.29 is 14.3 Å². The number of morpholine rings is 1. The van der Waals surface area contributed by atoms with Gasteiger partial charge in [-0.15, -0.1) is 24.2 Å². The molecule has 1 fully saturated rings. The summed E-state index contributed by atoms with van der Waals surface area (Å²) >= 11 is 1.35. The summed E-state index contributed by atoms with van der Waals surface area (Å²) in [5.74, 6) is 0.648. The highest BCUT2D eigenvalue weighted by Crippen LogP contribution is 2.14. The largest absolute Gasteiger partial charge is 0.378 e. The van der Waals surface area contributed by atoms with E-state index in [0.29, 0.717) is 38.6 Å². The zero-order valence-electron chi connectivity index (χ0n) is 13.4. The molecule has 0 unspecified atom stereocenters. The molecule has 0 aromatic heterocycles. The van der Waals surface area contributed by atoms with Crippen LogP contribution in [0.3, 0.4) is 0 Å². The average molecular weight is 354 g/mol. The van der Waals surface area contributed by atoms with Crippen molar-refractivity contribution in [3.63, 3.8) is 0 Å². The van der Waals surface area contributed by atoms with Crippen molar-refractivity contribution in [2.45, 2.75) is 32.2 Å². The van der Waals surface area contributed by atoms with Gasteiger partial charge in [-0.3, -0.25) is 9.59 Å². The molecule has 6 nitrogen and oxygen atoms in total. The first-order chi connectivity index (χ1) is 10.1. The predicted octanol–water partition coefficient (Wildman–Crippen LogP) is 0.634. The quantitative estimate of drug-likeness (QED) is 0.668. The van der Waals surface area contributed by atoms with Crippen molar-refractivity contribution in [3.05, 3.63) is 0 Å². The first kappa shape index (κ1) is 21.5. The van der Waals surface area contributed by atoms with Gasteiger partial charge in [0.15, 0.2) is 0 Å². The lowest BCUT2D eigenvalue weighted by atomic mass is 9.93. The second-order valence-corrected chi connectivity index (χ2v) is 6.21. The Hall–Kier alpha value is -0.500. The van der Waals surface area contributed by atoms with Gasteiger partial charge < -0.3 is 20.7 Å². The van der Waals surface area contributed by atoms with Gasteiger partial charge in [-0.05, 0) is 12.8 Å². The van der Waals surface area contributed by atoms with E-state index in [9.17, 15) is 9.59 Å². The van der Waals surface area contributed by atoms with E-state index in [4.69, 9.17) is 10.5 Å². The van der Waals surface area contributed by atoms with Crippen LogP contribution < -0.4 is 11.1 Å². The minimum absolute atomic E-state index is 0. The third-order valence-corrected chi connectivity index (χ3v) is 4.89. The summed E-state index contributed by atoms with van der Waals surface area (Å²) in [5, 5.41) is 3.00. The number of rotatable bonds is 8. The fourth-order valence-corrected chi connectivity index (χ4v) is 2.95. The Kier molecular flexibility index (Phi) is 10.8. The summed E-state index contributed by atoms with van der Waals surface area (Å²) < 4.78 is 5.21. The van der Waals surface area contributed by atoms with Crippen LogP contribution in [0.2, 0.25) is 0 Å². The normalized spacial score (nSPS) is 15.1. The molecule has 0 aromatic rings. The molecule has 0 bridgehead atoms. The van der Waals surface area contributed by atoms with Gasteiger partial charge >= 0.3 is 0 Å². The molecule has 0 radical (unpaired) electrons. The highest BCUT2D eigenvalue weighted by molar-refractivity contribution is 8.00. The van der Waals surface area contributed by atoms with Gasteiger partial charge in [-0.1, -0.05) is 13.8 Å². The molecular weight excluding hydrogens is 326 g/mol. The van der Waals surface area contributed by atoms with Gasteiger partial charge in [-0.25, -0.2) is 0 Å². The Morgan fingerprint density at radius 1 is 1.23 bits per heavy atom. The Morgan fingerprint density at radius 3 is 2.32 bits per heavy atom. The van der Waals surface area contributed by atoms with E-state index >= 15 is 0 Å². The van der Waals surface area contributed by atoms with E-state index in [2.05, 4.69) is 5.32 Å². The summed E-state index contributed by atoms with van der Waals surface area (Å²) in [7, 11) is 0. The third-order valence-electron chi connectivity index (χ3n) is 3.97. The maximum absolute atomic E-state index is 12.0. The molecule has 1 aliphatic rings. The number of amides is 2. The van der Waals surface area contributed by atoms with Crippen LogP contribution in [-0.4, -0.2) is 66.6 Å². The maximum Gasteiger partial charge on any atom is 0.232 e. The Morgan fingerprint density at radius 2 is 1.82 bits per heavy atom. The summed E-state index contributed by atoms with van der Waals surface area (Å²) in [6.07, 6.45) is 1.62. The number of ether oxygens (including phenoxy) is 1. The highest BCUT2D eigenvalue weighted by atomic mass is 35.5. The minimum Gasteiger partial charge on any atom is -0.378 e. The summed E-state index contributed by atoms with van der Waals surface area (Å²) in [6.45, 7) is 6.97. The van der Waals surface area contributed by atoms with Gasteiger partial charge in [0.1, 0.15) is 0 Å². The van der Waals surface area contributed by atoms with Crippen LogP contribution in [-0.2, 0) is 14.3 Å². The number of thioether (sulfide) groups is 1. The number of nitrogens with zero attached hydrogens (tertiary/aromatic N) is 1. The fourth-order valence-electron chi connectivity index (χ4n) is 2.23. The van der Waals surface area contributed by atoms with E-state index in [1.54, 1.807) is 4.90 Å². The number of nitrogens with one attached hydrogen (secondary N) is 1. The second kappa shape index (κ2) is 11.1. The number of nitrogens with two attached hydrogens (primary N) is 1. The lowest BCUT2D eigenvalue weighted by molar-refractivity contribution is -0.132. The van der Waals surface area contributed by atoms with E-state index in [1.165, 1.54) is 11.8 Å². The fraction of sp³-hybridized carbons (Fsp3) is 0.857. The molecule has 1 heterocycles. The molecule has 0 aromatic carbocycles. The van der Waals surface area contributed by atoms with Crippen LogP contribution in [0.5, 0.6) is 0 Å². The number of carbonyl (C=O) groups excluding carboxylic acids is 2. The van der Waals surface area contributed by atoms with Crippen molar-refractivity contribution >= 4 is 36.0 Å². The molecule has 1 rings (SSSR count). The third kappa shape index (κ3) is 6.73. The van der Waals surface area contributed by atoms with Gasteiger partial charge in [0.25, 0.3) is 0 Å². The van der Waals surface area contributed by atoms with Gasteiger partial charge in [0.2, 0.25) is 11.8 Å². The summed E-state index contributed by atoms with van der Waals surface area (Å²) in [5.41, 5.74) is 5.44. The van der Waals surface area contributed by atoms with Gasteiger partial charge in [-0.2, -0.15) is 0 Å². The predicted molar refractivity (Wildman–Crippen MR) is 92.5 cm³/mol. The van der Waals surface area contributed by atoms with Gasteiger partial charge in [0, 0.05) is 19.6 Å². The SMILES string of the molecule is CCC(CC)(CN)NC(=O)CSCC(=O)N1CCOCC1.Cl. The van der Waals surface area contributed by atoms with Crippen LogP contribution in [0, 0.1) is 0 Å². The zero-order chi connectivity index (χ0) is 15.7.